The molecule has 0 aliphatic rings. The molecule has 0 aliphatic heterocycles. The number of methoxy groups -OCH3 is 1. The van der Waals surface area contributed by atoms with Crippen molar-refractivity contribution in [3.05, 3.63) is 63.7 Å². The SMILES string of the molecule is COc1ccc(C)cc1-c1csc(NC(=O)c2c(F)cccc2Cl)n1. The maximum atomic E-state index is 13.8. The van der Waals surface area contributed by atoms with E-state index in [2.05, 4.69) is 10.3 Å². The number of nitrogens with zero attached hydrogens (tertiary/aromatic N) is 1. The van der Waals surface area contributed by atoms with Gasteiger partial charge < -0.3 is 4.74 Å². The van der Waals surface area contributed by atoms with Crippen molar-refractivity contribution < 1.29 is 13.9 Å². The molecule has 1 aromatic heterocycles. The lowest BCUT2D eigenvalue weighted by Crippen LogP contribution is -2.14. The molecular formula is C18H14ClFN2O2S. The first-order valence-corrected chi connectivity index (χ1v) is 8.61. The third-order valence-electron chi connectivity index (χ3n) is 3.55. The van der Waals surface area contributed by atoms with E-state index in [0.29, 0.717) is 16.6 Å². The summed E-state index contributed by atoms with van der Waals surface area (Å²) in [6.07, 6.45) is 0. The number of hydrogen-bond donors (Lipinski definition) is 1. The summed E-state index contributed by atoms with van der Waals surface area (Å²) >= 11 is 7.15. The molecule has 3 aromatic rings. The van der Waals surface area contributed by atoms with Crippen LogP contribution >= 0.6 is 22.9 Å². The maximum Gasteiger partial charge on any atom is 0.261 e. The largest absolute Gasteiger partial charge is 0.496 e. The first-order valence-electron chi connectivity index (χ1n) is 7.35. The van der Waals surface area contributed by atoms with Crippen LogP contribution in [-0.2, 0) is 0 Å². The van der Waals surface area contributed by atoms with Gasteiger partial charge in [0.1, 0.15) is 11.6 Å². The Morgan fingerprint density at radius 3 is 2.84 bits per heavy atom. The van der Waals surface area contributed by atoms with Crippen LogP contribution in [-0.4, -0.2) is 18.0 Å². The van der Waals surface area contributed by atoms with Gasteiger partial charge in [-0.15, -0.1) is 11.3 Å². The molecule has 4 nitrogen and oxygen atoms in total. The van der Waals surface area contributed by atoms with Crippen LogP contribution in [0.2, 0.25) is 5.02 Å². The molecule has 0 fully saturated rings. The molecule has 25 heavy (non-hydrogen) atoms. The minimum atomic E-state index is -0.679. The quantitative estimate of drug-likeness (QED) is 0.683. The van der Waals surface area contributed by atoms with Crippen molar-refractivity contribution in [1.29, 1.82) is 0 Å². The second kappa shape index (κ2) is 7.21. The van der Waals surface area contributed by atoms with E-state index in [9.17, 15) is 9.18 Å². The highest BCUT2D eigenvalue weighted by atomic mass is 35.5. The summed E-state index contributed by atoms with van der Waals surface area (Å²) in [4.78, 5) is 16.7. The van der Waals surface area contributed by atoms with E-state index in [4.69, 9.17) is 16.3 Å². The van der Waals surface area contributed by atoms with Crippen molar-refractivity contribution in [1.82, 2.24) is 4.98 Å². The summed E-state index contributed by atoms with van der Waals surface area (Å²) in [5.41, 5.74) is 2.35. The number of amides is 1. The van der Waals surface area contributed by atoms with Crippen molar-refractivity contribution in [2.24, 2.45) is 0 Å². The average molecular weight is 377 g/mol. The fourth-order valence-corrected chi connectivity index (χ4v) is 3.31. The van der Waals surface area contributed by atoms with E-state index in [0.717, 1.165) is 11.1 Å². The van der Waals surface area contributed by atoms with Crippen molar-refractivity contribution in [2.75, 3.05) is 12.4 Å². The molecule has 0 bridgehead atoms. The summed E-state index contributed by atoms with van der Waals surface area (Å²) in [7, 11) is 1.59. The lowest BCUT2D eigenvalue weighted by Gasteiger charge is -2.07. The number of halogens is 2. The number of ether oxygens (including phenoxy) is 1. The van der Waals surface area contributed by atoms with Crippen molar-refractivity contribution in [3.63, 3.8) is 0 Å². The number of carbonyl (C=O) groups excluding carboxylic acids is 1. The number of hydrogen-bond acceptors (Lipinski definition) is 4. The van der Waals surface area contributed by atoms with Gasteiger partial charge in [0.15, 0.2) is 5.13 Å². The molecule has 3 rings (SSSR count). The molecule has 1 heterocycles. The van der Waals surface area contributed by atoms with Gasteiger partial charge in [-0.25, -0.2) is 9.37 Å². The number of anilines is 1. The fourth-order valence-electron chi connectivity index (χ4n) is 2.35. The van der Waals surface area contributed by atoms with Gasteiger partial charge in [-0.05, 0) is 31.2 Å². The van der Waals surface area contributed by atoms with Gasteiger partial charge in [-0.2, -0.15) is 0 Å². The topological polar surface area (TPSA) is 51.2 Å². The summed E-state index contributed by atoms with van der Waals surface area (Å²) in [6, 6.07) is 9.85. The van der Waals surface area contributed by atoms with Gasteiger partial charge in [0.05, 0.1) is 23.4 Å². The number of nitrogens with one attached hydrogen (secondary N) is 1. The predicted octanol–water partition coefficient (Wildman–Crippen LogP) is 5.17. The minimum absolute atomic E-state index is 0.0506. The van der Waals surface area contributed by atoms with E-state index >= 15 is 0 Å². The number of rotatable bonds is 4. The number of benzene rings is 2. The Kier molecular flexibility index (Phi) is 5.01. The molecule has 0 aliphatic carbocycles. The zero-order chi connectivity index (χ0) is 18.0. The second-order valence-electron chi connectivity index (χ2n) is 5.29. The monoisotopic (exact) mass is 376 g/mol. The maximum absolute atomic E-state index is 13.8. The van der Waals surface area contributed by atoms with Crippen LogP contribution in [0.15, 0.2) is 41.8 Å². The number of aromatic nitrogens is 1. The van der Waals surface area contributed by atoms with Crippen LogP contribution < -0.4 is 10.1 Å². The van der Waals surface area contributed by atoms with Crippen molar-refractivity contribution >= 4 is 34.0 Å². The zero-order valence-electron chi connectivity index (χ0n) is 13.5. The Labute approximate surface area is 153 Å². The molecule has 0 saturated carbocycles. The van der Waals surface area contributed by atoms with E-state index < -0.39 is 11.7 Å². The van der Waals surface area contributed by atoms with Crippen LogP contribution in [0.1, 0.15) is 15.9 Å². The lowest BCUT2D eigenvalue weighted by molar-refractivity contribution is 0.102. The molecule has 1 amide bonds. The molecule has 2 aromatic carbocycles. The lowest BCUT2D eigenvalue weighted by atomic mass is 10.1. The van der Waals surface area contributed by atoms with Gasteiger partial charge in [0.25, 0.3) is 5.91 Å². The van der Waals surface area contributed by atoms with E-state index in [-0.39, 0.29) is 10.6 Å². The summed E-state index contributed by atoms with van der Waals surface area (Å²) in [5.74, 6) is -0.631. The third kappa shape index (κ3) is 3.65. The van der Waals surface area contributed by atoms with Crippen LogP contribution in [0, 0.1) is 12.7 Å². The standard InChI is InChI=1S/C18H14ClFN2O2S/c1-10-6-7-15(24-2)11(8-10)14-9-25-18(21-14)22-17(23)16-12(19)4-3-5-13(16)20/h3-9H,1-2H3,(H,21,22,23). The molecule has 0 spiro atoms. The van der Waals surface area contributed by atoms with Crippen molar-refractivity contribution in [2.45, 2.75) is 6.92 Å². The molecular weight excluding hydrogens is 363 g/mol. The smallest absolute Gasteiger partial charge is 0.261 e. The molecule has 7 heteroatoms. The summed E-state index contributed by atoms with van der Waals surface area (Å²) in [6.45, 7) is 1.97. The van der Waals surface area contributed by atoms with Crippen molar-refractivity contribution in [3.8, 4) is 17.0 Å². The number of carbonyl (C=O) groups is 1. The van der Waals surface area contributed by atoms with E-state index in [1.165, 1.54) is 29.5 Å². The van der Waals surface area contributed by atoms with Gasteiger partial charge in [-0.1, -0.05) is 29.3 Å². The van der Waals surface area contributed by atoms with Crippen LogP contribution in [0.3, 0.4) is 0 Å². The van der Waals surface area contributed by atoms with E-state index in [1.807, 2.05) is 25.1 Å². The van der Waals surface area contributed by atoms with Gasteiger partial charge in [-0.3, -0.25) is 10.1 Å². The highest BCUT2D eigenvalue weighted by molar-refractivity contribution is 7.14. The molecule has 1 N–H and O–H groups in total. The number of thiazole rings is 1. The van der Waals surface area contributed by atoms with Gasteiger partial charge in [0.2, 0.25) is 0 Å². The summed E-state index contributed by atoms with van der Waals surface area (Å²) < 4.78 is 19.2. The zero-order valence-corrected chi connectivity index (χ0v) is 15.0. The molecule has 0 atom stereocenters. The average Bonchev–Trinajstić information content (AvgIpc) is 3.03. The Bertz CT molecular complexity index is 922. The predicted molar refractivity (Wildman–Crippen MR) is 98.2 cm³/mol. The fraction of sp³-hybridized carbons (Fsp3) is 0.111. The molecule has 0 unspecified atom stereocenters. The van der Waals surface area contributed by atoms with Crippen LogP contribution in [0.4, 0.5) is 9.52 Å². The first-order chi connectivity index (χ1) is 12.0. The minimum Gasteiger partial charge on any atom is -0.496 e. The second-order valence-corrected chi connectivity index (χ2v) is 6.56. The third-order valence-corrected chi connectivity index (χ3v) is 4.62. The van der Waals surface area contributed by atoms with Gasteiger partial charge in [0, 0.05) is 10.9 Å². The Morgan fingerprint density at radius 1 is 1.32 bits per heavy atom. The molecule has 128 valence electrons. The highest BCUT2D eigenvalue weighted by Gasteiger charge is 2.18. The van der Waals surface area contributed by atoms with Crippen LogP contribution in [0.5, 0.6) is 5.75 Å². The Morgan fingerprint density at radius 2 is 2.12 bits per heavy atom. The highest BCUT2D eigenvalue weighted by Crippen LogP contribution is 2.33. The van der Waals surface area contributed by atoms with Crippen LogP contribution in [0.25, 0.3) is 11.3 Å². The summed E-state index contributed by atoms with van der Waals surface area (Å²) in [5, 5.41) is 4.79. The Balaban J connectivity index is 1.88. The number of aryl methyl sites for hydroxylation is 1. The Hall–Kier alpha value is -2.44. The van der Waals surface area contributed by atoms with Gasteiger partial charge >= 0.3 is 0 Å². The normalized spacial score (nSPS) is 10.6. The molecule has 0 radical (unpaired) electrons. The molecule has 0 saturated heterocycles. The first kappa shape index (κ1) is 17.4. The van der Waals surface area contributed by atoms with E-state index in [1.54, 1.807) is 12.5 Å².